The van der Waals surface area contributed by atoms with Gasteiger partial charge in [-0.25, -0.2) is 18.1 Å². The highest BCUT2D eigenvalue weighted by atomic mass is 32.2. The minimum atomic E-state index is -4.09. The summed E-state index contributed by atoms with van der Waals surface area (Å²) in [5, 5.41) is 10.9. The number of rotatable bonds is 9. The molecule has 5 aromatic rings. The summed E-state index contributed by atoms with van der Waals surface area (Å²) in [6.07, 6.45) is 2.95. The second-order valence-electron chi connectivity index (χ2n) is 8.92. The third-order valence-electron chi connectivity index (χ3n) is 6.05. The van der Waals surface area contributed by atoms with E-state index in [0.717, 1.165) is 15.8 Å². The molecule has 40 heavy (non-hydrogen) atoms. The molecule has 0 fully saturated rings. The van der Waals surface area contributed by atoms with Crippen LogP contribution in [0.2, 0.25) is 0 Å². The van der Waals surface area contributed by atoms with Crippen molar-refractivity contribution in [3.05, 3.63) is 123 Å². The third-order valence-corrected chi connectivity index (χ3v) is 8.67. The number of nitrogens with one attached hydrogen (secondary N) is 4. The number of benzene rings is 3. The van der Waals surface area contributed by atoms with E-state index in [9.17, 15) is 18.0 Å². The van der Waals surface area contributed by atoms with E-state index < -0.39 is 27.4 Å². The molecule has 0 saturated heterocycles. The number of anilines is 1. The third kappa shape index (κ3) is 5.99. The quantitative estimate of drug-likeness (QED) is 0.133. The lowest BCUT2D eigenvalue weighted by molar-refractivity contribution is 0.102. The number of aromatic nitrogens is 2. The van der Waals surface area contributed by atoms with Gasteiger partial charge in [0.2, 0.25) is 10.0 Å². The van der Waals surface area contributed by atoms with Crippen molar-refractivity contribution in [1.82, 2.24) is 14.7 Å². The lowest BCUT2D eigenvalue weighted by atomic mass is 10.0. The predicted octanol–water partition coefficient (Wildman–Crippen LogP) is 3.78. The van der Waals surface area contributed by atoms with Crippen LogP contribution in [0.15, 0.2) is 101 Å². The Labute approximate surface area is 233 Å². The van der Waals surface area contributed by atoms with Gasteiger partial charge in [0, 0.05) is 29.7 Å². The van der Waals surface area contributed by atoms with Crippen molar-refractivity contribution in [1.29, 1.82) is 5.41 Å². The molecule has 10 nitrogen and oxygen atoms in total. The molecule has 0 aliphatic heterocycles. The summed E-state index contributed by atoms with van der Waals surface area (Å²) in [4.78, 5) is 31.9. The maximum absolute atomic E-state index is 13.6. The first kappa shape index (κ1) is 26.9. The standard InChI is InChI=1S/C28H24N6O4S2/c29-26(30)18-6-3-5-17(13-18)14-23(28-33-22-9-1-2-10-25(22)39-28)34-40(37,38)20-8-4-7-19(15-20)32-27(36)21-16-31-12-11-24(21)35/h1-13,15-16,23,34H,14H2,(H3,29,30)(H,31,35)(H,32,36). The topological polar surface area (TPSA) is 171 Å². The summed E-state index contributed by atoms with van der Waals surface area (Å²) in [5.74, 6) is -0.752. The molecule has 6 N–H and O–H groups in total. The van der Waals surface area contributed by atoms with Gasteiger partial charge in [-0.2, -0.15) is 0 Å². The molecule has 202 valence electrons. The van der Waals surface area contributed by atoms with Crippen LogP contribution in [-0.2, 0) is 16.4 Å². The Morgan fingerprint density at radius 3 is 2.62 bits per heavy atom. The number of amides is 1. The lowest BCUT2D eigenvalue weighted by Gasteiger charge is -2.18. The Morgan fingerprint density at radius 1 is 1.05 bits per heavy atom. The van der Waals surface area contributed by atoms with Crippen LogP contribution >= 0.6 is 11.3 Å². The zero-order chi connectivity index (χ0) is 28.3. The van der Waals surface area contributed by atoms with Crippen LogP contribution in [0.5, 0.6) is 0 Å². The molecule has 0 aliphatic carbocycles. The zero-order valence-electron chi connectivity index (χ0n) is 20.9. The summed E-state index contributed by atoms with van der Waals surface area (Å²) in [5.41, 5.74) is 7.36. The van der Waals surface area contributed by atoms with Gasteiger partial charge in [0.05, 0.1) is 21.2 Å². The van der Waals surface area contributed by atoms with Crippen LogP contribution in [-0.4, -0.2) is 30.1 Å². The van der Waals surface area contributed by atoms with E-state index in [-0.39, 0.29) is 28.4 Å². The Bertz CT molecular complexity index is 1870. The number of pyridine rings is 1. The average Bonchev–Trinajstić information content (AvgIpc) is 3.38. The van der Waals surface area contributed by atoms with Crippen LogP contribution in [0.4, 0.5) is 5.69 Å². The van der Waals surface area contributed by atoms with Gasteiger partial charge in [0.15, 0.2) is 5.43 Å². The van der Waals surface area contributed by atoms with E-state index in [4.69, 9.17) is 11.1 Å². The molecule has 0 aliphatic rings. The highest BCUT2D eigenvalue weighted by molar-refractivity contribution is 7.89. The first-order valence-corrected chi connectivity index (χ1v) is 14.4. The monoisotopic (exact) mass is 572 g/mol. The van der Waals surface area contributed by atoms with E-state index in [1.165, 1.54) is 54.1 Å². The van der Waals surface area contributed by atoms with E-state index >= 15 is 0 Å². The molecule has 0 spiro atoms. The highest BCUT2D eigenvalue weighted by Gasteiger charge is 2.25. The number of para-hydroxylation sites is 1. The second kappa shape index (κ2) is 11.2. The fourth-order valence-electron chi connectivity index (χ4n) is 4.11. The van der Waals surface area contributed by atoms with Gasteiger partial charge in [0.25, 0.3) is 5.91 Å². The molecule has 5 rings (SSSR count). The van der Waals surface area contributed by atoms with Gasteiger partial charge in [-0.05, 0) is 48.4 Å². The summed E-state index contributed by atoms with van der Waals surface area (Å²) < 4.78 is 30.9. The van der Waals surface area contributed by atoms with E-state index in [2.05, 4.69) is 20.0 Å². The number of thiazole rings is 1. The van der Waals surface area contributed by atoms with Gasteiger partial charge < -0.3 is 16.0 Å². The summed E-state index contributed by atoms with van der Waals surface area (Å²) in [7, 11) is -4.09. The van der Waals surface area contributed by atoms with Gasteiger partial charge in [-0.15, -0.1) is 11.3 Å². The lowest BCUT2D eigenvalue weighted by Crippen LogP contribution is -2.30. The number of carbonyl (C=O) groups excluding carboxylic acids is 1. The number of hydrogen-bond donors (Lipinski definition) is 5. The van der Waals surface area contributed by atoms with Crippen molar-refractivity contribution in [2.75, 3.05) is 5.32 Å². The fourth-order valence-corrected chi connectivity index (χ4v) is 6.45. The number of carbonyl (C=O) groups is 1. The minimum absolute atomic E-state index is 0.0733. The number of hydrogen-bond acceptors (Lipinski definition) is 7. The van der Waals surface area contributed by atoms with Crippen molar-refractivity contribution in [3.63, 3.8) is 0 Å². The number of sulfonamides is 1. The van der Waals surface area contributed by atoms with Crippen molar-refractivity contribution >= 4 is 49.0 Å². The Kier molecular flexibility index (Phi) is 7.56. The molecular formula is C28H24N6O4S2. The second-order valence-corrected chi connectivity index (χ2v) is 11.7. The number of amidine groups is 1. The molecule has 1 atom stereocenters. The van der Waals surface area contributed by atoms with Gasteiger partial charge in [-0.1, -0.05) is 36.4 Å². The van der Waals surface area contributed by atoms with E-state index in [1.54, 1.807) is 18.2 Å². The van der Waals surface area contributed by atoms with Crippen molar-refractivity contribution in [2.24, 2.45) is 5.73 Å². The maximum Gasteiger partial charge on any atom is 0.261 e. The highest BCUT2D eigenvalue weighted by Crippen LogP contribution is 2.30. The number of fused-ring (bicyclic) bond motifs is 1. The fraction of sp³-hybridized carbons (Fsp3) is 0.0714. The molecule has 2 heterocycles. The van der Waals surface area contributed by atoms with Crippen LogP contribution in [0.1, 0.15) is 32.5 Å². The Morgan fingerprint density at radius 2 is 1.85 bits per heavy atom. The zero-order valence-corrected chi connectivity index (χ0v) is 22.6. The summed E-state index contributed by atoms with van der Waals surface area (Å²) in [6.45, 7) is 0. The molecular weight excluding hydrogens is 548 g/mol. The predicted molar refractivity (Wildman–Crippen MR) is 155 cm³/mol. The average molecular weight is 573 g/mol. The van der Waals surface area contributed by atoms with E-state index in [1.807, 2.05) is 30.3 Å². The summed E-state index contributed by atoms with van der Waals surface area (Å²) in [6, 6.07) is 20.9. The Balaban J connectivity index is 1.45. The molecule has 0 radical (unpaired) electrons. The SMILES string of the molecule is N=C(N)c1cccc(CC(NS(=O)(=O)c2cccc(NC(=O)c3c[nH]ccc3=O)c2)c2nc3ccccc3s2)c1. The first-order chi connectivity index (χ1) is 19.2. The van der Waals surface area contributed by atoms with Crippen LogP contribution in [0, 0.1) is 5.41 Å². The normalized spacial score (nSPS) is 12.2. The number of nitrogens with two attached hydrogens (primary N) is 1. The molecule has 0 saturated carbocycles. The smallest absolute Gasteiger partial charge is 0.261 e. The van der Waals surface area contributed by atoms with E-state index in [0.29, 0.717) is 10.6 Å². The molecule has 3 aromatic carbocycles. The molecule has 12 heteroatoms. The molecule has 2 aromatic heterocycles. The number of aromatic amines is 1. The molecule has 0 bridgehead atoms. The number of H-pyrrole nitrogens is 1. The number of nitrogen functional groups attached to an aromatic ring is 1. The van der Waals surface area contributed by atoms with Gasteiger partial charge in [-0.3, -0.25) is 15.0 Å². The largest absolute Gasteiger partial charge is 0.384 e. The maximum atomic E-state index is 13.6. The molecule has 1 amide bonds. The van der Waals surface area contributed by atoms with Crippen molar-refractivity contribution < 1.29 is 13.2 Å². The van der Waals surface area contributed by atoms with Gasteiger partial charge in [0.1, 0.15) is 16.4 Å². The summed E-state index contributed by atoms with van der Waals surface area (Å²) >= 11 is 1.39. The minimum Gasteiger partial charge on any atom is -0.384 e. The van der Waals surface area contributed by atoms with Crippen molar-refractivity contribution in [2.45, 2.75) is 17.4 Å². The first-order valence-electron chi connectivity index (χ1n) is 12.1. The Hall–Kier alpha value is -4.65. The van der Waals surface area contributed by atoms with Crippen LogP contribution in [0.25, 0.3) is 10.2 Å². The van der Waals surface area contributed by atoms with Gasteiger partial charge >= 0.3 is 0 Å². The van der Waals surface area contributed by atoms with Crippen molar-refractivity contribution in [3.8, 4) is 0 Å². The van der Waals surface area contributed by atoms with Crippen LogP contribution in [0.3, 0.4) is 0 Å². The van der Waals surface area contributed by atoms with Crippen LogP contribution < -0.4 is 21.2 Å². The molecule has 1 unspecified atom stereocenters. The number of nitrogens with zero attached hydrogens (tertiary/aromatic N) is 1.